The zero-order valence-electron chi connectivity index (χ0n) is 13.1. The Labute approximate surface area is 139 Å². The molecule has 2 rings (SSSR count). The van der Waals surface area contributed by atoms with E-state index in [2.05, 4.69) is 5.32 Å². The van der Waals surface area contributed by atoms with Gasteiger partial charge >= 0.3 is 5.97 Å². The molecule has 1 atom stereocenters. The Kier molecular flexibility index (Phi) is 5.41. The third-order valence-corrected chi connectivity index (χ3v) is 5.53. The van der Waals surface area contributed by atoms with Gasteiger partial charge in [-0.15, -0.1) is 11.3 Å². The van der Waals surface area contributed by atoms with E-state index < -0.39 is 17.3 Å². The maximum Gasteiger partial charge on any atom is 0.304 e. The summed E-state index contributed by atoms with van der Waals surface area (Å²) in [6.45, 7) is 1.71. The van der Waals surface area contributed by atoms with Gasteiger partial charge in [-0.1, -0.05) is 19.3 Å². The Bertz CT molecular complexity index is 607. The number of anilines is 1. The molecule has 1 aliphatic rings. The largest absolute Gasteiger partial charge is 0.481 e. The van der Waals surface area contributed by atoms with Crippen LogP contribution in [-0.2, 0) is 9.59 Å². The third kappa shape index (κ3) is 3.90. The van der Waals surface area contributed by atoms with Crippen molar-refractivity contribution >= 4 is 34.1 Å². The molecular formula is C16H22N2O4S. The predicted molar refractivity (Wildman–Crippen MR) is 88.4 cm³/mol. The second kappa shape index (κ2) is 7.12. The predicted octanol–water partition coefficient (Wildman–Crippen LogP) is 2.85. The van der Waals surface area contributed by atoms with Crippen molar-refractivity contribution in [1.82, 2.24) is 0 Å². The number of carbonyl (C=O) groups is 3. The van der Waals surface area contributed by atoms with Gasteiger partial charge in [-0.25, -0.2) is 0 Å². The standard InChI is InChI=1S/C16H22N2O4S/c1-16(9-12(19)20,10-5-3-2-4-6-10)15(22)18-14-11(13(17)21)7-8-23-14/h7-8,10H,2-6,9H2,1H3,(H2,17,21)(H,18,22)(H,19,20)/t16-/m0/s1. The Hall–Kier alpha value is -1.89. The van der Waals surface area contributed by atoms with Crippen molar-refractivity contribution in [3.05, 3.63) is 17.0 Å². The number of primary amides is 1. The zero-order valence-corrected chi connectivity index (χ0v) is 13.9. The summed E-state index contributed by atoms with van der Waals surface area (Å²) in [5.41, 5.74) is 4.55. The quantitative estimate of drug-likeness (QED) is 0.741. The summed E-state index contributed by atoms with van der Waals surface area (Å²) < 4.78 is 0. The number of amides is 2. The highest BCUT2D eigenvalue weighted by atomic mass is 32.1. The Morgan fingerprint density at radius 2 is 2.00 bits per heavy atom. The molecule has 1 aliphatic carbocycles. The first-order valence-corrected chi connectivity index (χ1v) is 8.63. The van der Waals surface area contributed by atoms with Crippen LogP contribution in [0.4, 0.5) is 5.00 Å². The lowest BCUT2D eigenvalue weighted by molar-refractivity contribution is -0.145. The molecular weight excluding hydrogens is 316 g/mol. The highest BCUT2D eigenvalue weighted by Gasteiger charge is 2.43. The van der Waals surface area contributed by atoms with E-state index in [1.807, 2.05) is 0 Å². The highest BCUT2D eigenvalue weighted by Crippen LogP contribution is 2.42. The number of aliphatic carboxylic acids is 1. The van der Waals surface area contributed by atoms with E-state index in [1.54, 1.807) is 18.4 Å². The van der Waals surface area contributed by atoms with Crippen LogP contribution in [-0.4, -0.2) is 22.9 Å². The number of carboxylic acids is 1. The molecule has 4 N–H and O–H groups in total. The highest BCUT2D eigenvalue weighted by molar-refractivity contribution is 7.14. The molecule has 0 aromatic carbocycles. The molecule has 1 saturated carbocycles. The van der Waals surface area contributed by atoms with Gasteiger partial charge in [0.15, 0.2) is 0 Å². The van der Waals surface area contributed by atoms with Crippen molar-refractivity contribution in [3.8, 4) is 0 Å². The number of nitrogens with two attached hydrogens (primary N) is 1. The molecule has 126 valence electrons. The minimum Gasteiger partial charge on any atom is -0.481 e. The molecule has 0 aliphatic heterocycles. The molecule has 0 radical (unpaired) electrons. The van der Waals surface area contributed by atoms with Crippen molar-refractivity contribution in [2.45, 2.75) is 45.4 Å². The van der Waals surface area contributed by atoms with E-state index >= 15 is 0 Å². The van der Waals surface area contributed by atoms with Crippen LogP contribution in [0.1, 0.15) is 55.8 Å². The van der Waals surface area contributed by atoms with E-state index in [1.165, 1.54) is 11.3 Å². The first-order chi connectivity index (χ1) is 10.8. The maximum absolute atomic E-state index is 12.8. The molecule has 1 aromatic rings. The summed E-state index contributed by atoms with van der Waals surface area (Å²) in [5.74, 6) is -1.92. The number of rotatable bonds is 6. The monoisotopic (exact) mass is 338 g/mol. The molecule has 23 heavy (non-hydrogen) atoms. The molecule has 0 bridgehead atoms. The molecule has 0 unspecified atom stereocenters. The van der Waals surface area contributed by atoms with Gasteiger partial charge in [0.1, 0.15) is 5.00 Å². The topological polar surface area (TPSA) is 109 Å². The Balaban J connectivity index is 2.23. The minimum absolute atomic E-state index is 0.0318. The maximum atomic E-state index is 12.8. The normalized spacial score (nSPS) is 18.1. The number of carbonyl (C=O) groups excluding carboxylic acids is 2. The van der Waals surface area contributed by atoms with Crippen molar-refractivity contribution in [1.29, 1.82) is 0 Å². The molecule has 2 amide bonds. The second-order valence-corrected chi connectivity index (χ2v) is 7.22. The van der Waals surface area contributed by atoms with Crippen LogP contribution >= 0.6 is 11.3 Å². The van der Waals surface area contributed by atoms with Gasteiger partial charge in [-0.2, -0.15) is 0 Å². The summed E-state index contributed by atoms with van der Waals surface area (Å²) in [6.07, 6.45) is 4.63. The number of hydrogen-bond acceptors (Lipinski definition) is 4. The number of hydrogen-bond donors (Lipinski definition) is 3. The van der Waals surface area contributed by atoms with E-state index in [0.717, 1.165) is 32.1 Å². The van der Waals surface area contributed by atoms with Crippen molar-refractivity contribution in [2.75, 3.05) is 5.32 Å². The lowest BCUT2D eigenvalue weighted by Gasteiger charge is -2.37. The first-order valence-electron chi connectivity index (χ1n) is 7.75. The number of carboxylic acid groups (broad SMARTS) is 1. The molecule has 6 nitrogen and oxygen atoms in total. The molecule has 1 aromatic heterocycles. The fourth-order valence-corrected chi connectivity index (χ4v) is 4.10. The fourth-order valence-electron chi connectivity index (χ4n) is 3.31. The van der Waals surface area contributed by atoms with Crippen molar-refractivity contribution < 1.29 is 19.5 Å². The van der Waals surface area contributed by atoms with Gasteiger partial charge in [0, 0.05) is 0 Å². The lowest BCUT2D eigenvalue weighted by Crippen LogP contribution is -2.42. The average molecular weight is 338 g/mol. The summed E-state index contributed by atoms with van der Waals surface area (Å²) in [4.78, 5) is 35.5. The van der Waals surface area contributed by atoms with Gasteiger partial charge < -0.3 is 16.2 Å². The molecule has 0 spiro atoms. The Morgan fingerprint density at radius 3 is 2.57 bits per heavy atom. The van der Waals surface area contributed by atoms with E-state index in [0.29, 0.717) is 5.00 Å². The van der Waals surface area contributed by atoms with Gasteiger partial charge in [-0.3, -0.25) is 14.4 Å². The summed E-state index contributed by atoms with van der Waals surface area (Å²) in [6, 6.07) is 1.55. The number of thiophene rings is 1. The third-order valence-electron chi connectivity index (χ3n) is 4.70. The van der Waals surface area contributed by atoms with E-state index in [9.17, 15) is 19.5 Å². The van der Waals surface area contributed by atoms with Crippen LogP contribution in [0.2, 0.25) is 0 Å². The summed E-state index contributed by atoms with van der Waals surface area (Å²) in [7, 11) is 0. The Morgan fingerprint density at radius 1 is 1.35 bits per heavy atom. The van der Waals surface area contributed by atoms with Crippen molar-refractivity contribution in [2.24, 2.45) is 17.1 Å². The summed E-state index contributed by atoms with van der Waals surface area (Å²) >= 11 is 1.21. The van der Waals surface area contributed by atoms with Crippen LogP contribution in [0.15, 0.2) is 11.4 Å². The van der Waals surface area contributed by atoms with E-state index in [-0.39, 0.29) is 23.8 Å². The minimum atomic E-state index is -0.995. The zero-order chi connectivity index (χ0) is 17.0. The molecule has 7 heteroatoms. The lowest BCUT2D eigenvalue weighted by atomic mass is 9.67. The van der Waals surface area contributed by atoms with Gasteiger partial charge in [0.25, 0.3) is 5.91 Å². The van der Waals surface area contributed by atoms with Crippen LogP contribution in [0, 0.1) is 11.3 Å². The van der Waals surface area contributed by atoms with E-state index in [4.69, 9.17) is 5.73 Å². The van der Waals surface area contributed by atoms with Crippen LogP contribution in [0.5, 0.6) is 0 Å². The van der Waals surface area contributed by atoms with Gasteiger partial charge in [0.05, 0.1) is 17.4 Å². The second-order valence-electron chi connectivity index (χ2n) is 6.30. The van der Waals surface area contributed by atoms with Gasteiger partial charge in [-0.05, 0) is 37.1 Å². The molecule has 1 heterocycles. The van der Waals surface area contributed by atoms with Gasteiger partial charge in [0.2, 0.25) is 5.91 Å². The first kappa shape index (κ1) is 17.5. The number of nitrogens with one attached hydrogen (secondary N) is 1. The molecule has 1 fully saturated rings. The average Bonchev–Trinajstić information content (AvgIpc) is 2.95. The summed E-state index contributed by atoms with van der Waals surface area (Å²) in [5, 5.41) is 14.0. The smallest absolute Gasteiger partial charge is 0.304 e. The fraction of sp³-hybridized carbons (Fsp3) is 0.562. The van der Waals surface area contributed by atoms with Crippen molar-refractivity contribution in [3.63, 3.8) is 0 Å². The molecule has 0 saturated heterocycles. The van der Waals surface area contributed by atoms with Crippen LogP contribution in [0.3, 0.4) is 0 Å². The van der Waals surface area contributed by atoms with Crippen LogP contribution in [0.25, 0.3) is 0 Å². The van der Waals surface area contributed by atoms with Crippen LogP contribution < -0.4 is 11.1 Å². The SMILES string of the molecule is C[C@@](CC(=O)O)(C(=O)Nc1sccc1C(N)=O)C1CCCCC1.